The predicted molar refractivity (Wildman–Crippen MR) is 41.3 cm³/mol. The molecule has 0 N–H and O–H groups in total. The summed E-state index contributed by atoms with van der Waals surface area (Å²) in [6.07, 6.45) is 1.48. The Morgan fingerprint density at radius 2 is 2.70 bits per heavy atom. The molecule has 0 aliphatic heterocycles. The van der Waals surface area contributed by atoms with E-state index in [0.717, 1.165) is 0 Å². The molecule has 0 unspecified atom stereocenters. The van der Waals surface area contributed by atoms with E-state index in [1.54, 1.807) is 5.51 Å². The molecule has 0 atom stereocenters. The lowest BCUT2D eigenvalue weighted by Crippen LogP contribution is -1.99. The molecular weight excluding hydrogens is 218 g/mol. The Bertz CT molecular complexity index is 211. The zero-order valence-corrected chi connectivity index (χ0v) is 7.31. The molecule has 1 aromatic heterocycles. The van der Waals surface area contributed by atoms with Crippen LogP contribution >= 0.6 is 27.3 Å². The summed E-state index contributed by atoms with van der Waals surface area (Å²) in [5.41, 5.74) is 1.81. The molecule has 10 heavy (non-hydrogen) atoms. The molecule has 0 amide bonds. The second-order valence-electron chi connectivity index (χ2n) is 1.41. The van der Waals surface area contributed by atoms with Gasteiger partial charge in [-0.25, -0.2) is 4.79 Å². The highest BCUT2D eigenvalue weighted by Gasteiger charge is 2.06. The highest BCUT2D eigenvalue weighted by molar-refractivity contribution is 9.09. The third-order valence-electron chi connectivity index (χ3n) is 0.819. The second kappa shape index (κ2) is 3.68. The van der Waals surface area contributed by atoms with Crippen LogP contribution in [0.25, 0.3) is 0 Å². The topological polar surface area (TPSA) is 39.2 Å². The number of hydrogen-bond acceptors (Lipinski definition) is 4. The molecule has 0 saturated heterocycles. The maximum atomic E-state index is 10.8. The molecule has 0 saturated carbocycles. The van der Waals surface area contributed by atoms with Gasteiger partial charge in [-0.3, -0.25) is 4.98 Å². The summed E-state index contributed by atoms with van der Waals surface area (Å²) in [5.74, 6) is -0.334. The van der Waals surface area contributed by atoms with Gasteiger partial charge in [0, 0.05) is 0 Å². The molecule has 54 valence electrons. The Morgan fingerprint density at radius 1 is 1.90 bits per heavy atom. The van der Waals surface area contributed by atoms with Gasteiger partial charge in [0.05, 0.1) is 11.7 Å². The van der Waals surface area contributed by atoms with Crippen molar-refractivity contribution in [3.05, 3.63) is 16.6 Å². The smallest absolute Gasteiger partial charge is 0.350 e. The summed E-state index contributed by atoms with van der Waals surface area (Å²) in [6.45, 7) is 0. The number of ether oxygens (including phenoxy) is 1. The lowest BCUT2D eigenvalue weighted by atomic mass is 10.6. The Balaban J connectivity index is 2.59. The van der Waals surface area contributed by atoms with E-state index in [9.17, 15) is 4.79 Å². The molecule has 0 radical (unpaired) electrons. The minimum atomic E-state index is -0.334. The molecule has 5 heteroatoms. The molecular formula is C5H4BrNO2S. The van der Waals surface area contributed by atoms with Crippen molar-refractivity contribution in [1.82, 2.24) is 4.98 Å². The van der Waals surface area contributed by atoms with E-state index >= 15 is 0 Å². The van der Waals surface area contributed by atoms with Crippen molar-refractivity contribution >= 4 is 33.2 Å². The quantitative estimate of drug-likeness (QED) is 0.564. The van der Waals surface area contributed by atoms with E-state index < -0.39 is 0 Å². The van der Waals surface area contributed by atoms with Crippen molar-refractivity contribution in [2.75, 3.05) is 5.52 Å². The van der Waals surface area contributed by atoms with Gasteiger partial charge < -0.3 is 4.74 Å². The second-order valence-corrected chi connectivity index (χ2v) is 2.75. The van der Waals surface area contributed by atoms with Gasteiger partial charge in [0.1, 0.15) is 10.4 Å². The lowest BCUT2D eigenvalue weighted by Gasteiger charge is -1.93. The van der Waals surface area contributed by atoms with Crippen LogP contribution < -0.4 is 0 Å². The fraction of sp³-hybridized carbons (Fsp3) is 0.200. The van der Waals surface area contributed by atoms with Crippen molar-refractivity contribution < 1.29 is 9.53 Å². The highest BCUT2D eigenvalue weighted by Crippen LogP contribution is 2.07. The summed E-state index contributed by atoms with van der Waals surface area (Å²) in [5, 5.41) is 0. The maximum absolute atomic E-state index is 10.8. The summed E-state index contributed by atoms with van der Waals surface area (Å²) in [4.78, 5) is 15.1. The Kier molecular flexibility index (Phi) is 2.82. The monoisotopic (exact) mass is 221 g/mol. The van der Waals surface area contributed by atoms with Crippen LogP contribution in [0.5, 0.6) is 0 Å². The van der Waals surface area contributed by atoms with Gasteiger partial charge in [-0.1, -0.05) is 0 Å². The van der Waals surface area contributed by atoms with Crippen molar-refractivity contribution in [3.63, 3.8) is 0 Å². The number of carbonyl (C=O) groups excluding carboxylic acids is 1. The van der Waals surface area contributed by atoms with E-state index in [-0.39, 0.29) is 11.5 Å². The van der Waals surface area contributed by atoms with Gasteiger partial charge in [0.15, 0.2) is 0 Å². The number of alkyl halides is 1. The van der Waals surface area contributed by atoms with Crippen molar-refractivity contribution in [1.29, 1.82) is 0 Å². The molecule has 0 aromatic carbocycles. The Labute approximate surface area is 70.2 Å². The molecule has 0 aliphatic carbocycles. The van der Waals surface area contributed by atoms with Crippen LogP contribution in [0.1, 0.15) is 9.67 Å². The lowest BCUT2D eigenvalue weighted by molar-refractivity contribution is 0.0589. The number of thiazole rings is 1. The van der Waals surface area contributed by atoms with Crippen LogP contribution in [0.3, 0.4) is 0 Å². The molecule has 0 spiro atoms. The predicted octanol–water partition coefficient (Wildman–Crippen LogP) is 1.65. The average Bonchev–Trinajstić information content (AvgIpc) is 2.38. The number of carbonyl (C=O) groups is 1. The number of rotatable bonds is 2. The van der Waals surface area contributed by atoms with Crippen molar-refractivity contribution in [3.8, 4) is 0 Å². The highest BCUT2D eigenvalue weighted by atomic mass is 79.9. The molecule has 0 fully saturated rings. The normalized spacial score (nSPS) is 9.30. The van der Waals surface area contributed by atoms with E-state index in [4.69, 9.17) is 0 Å². The van der Waals surface area contributed by atoms with Crippen LogP contribution in [0.15, 0.2) is 11.7 Å². The number of halogens is 1. The molecule has 1 aromatic rings. The number of nitrogens with zero attached hydrogens (tertiary/aromatic N) is 1. The van der Waals surface area contributed by atoms with E-state index in [0.29, 0.717) is 4.88 Å². The maximum Gasteiger partial charge on any atom is 0.350 e. The molecule has 0 bridgehead atoms. The van der Waals surface area contributed by atoms with E-state index in [1.807, 2.05) is 0 Å². The van der Waals surface area contributed by atoms with Crippen LogP contribution in [-0.4, -0.2) is 16.5 Å². The number of esters is 1. The van der Waals surface area contributed by atoms with E-state index in [1.165, 1.54) is 17.5 Å². The molecule has 0 aliphatic rings. The van der Waals surface area contributed by atoms with Gasteiger partial charge in [0.25, 0.3) is 0 Å². The van der Waals surface area contributed by atoms with Gasteiger partial charge in [-0.2, -0.15) is 0 Å². The van der Waals surface area contributed by atoms with Gasteiger partial charge in [-0.05, 0) is 15.9 Å². The van der Waals surface area contributed by atoms with Crippen LogP contribution in [-0.2, 0) is 4.74 Å². The van der Waals surface area contributed by atoms with Gasteiger partial charge in [-0.15, -0.1) is 11.3 Å². The average molecular weight is 222 g/mol. The minimum Gasteiger partial charge on any atom is -0.450 e. The summed E-state index contributed by atoms with van der Waals surface area (Å²) in [7, 11) is 0. The third-order valence-corrected chi connectivity index (χ3v) is 1.80. The summed E-state index contributed by atoms with van der Waals surface area (Å²) in [6, 6.07) is 0. The fourth-order valence-corrected chi connectivity index (χ4v) is 1.16. The summed E-state index contributed by atoms with van der Waals surface area (Å²) < 4.78 is 4.63. The molecule has 3 nitrogen and oxygen atoms in total. The van der Waals surface area contributed by atoms with Gasteiger partial charge >= 0.3 is 5.97 Å². The van der Waals surface area contributed by atoms with Crippen LogP contribution in [0, 0.1) is 0 Å². The molecule has 1 rings (SSSR count). The van der Waals surface area contributed by atoms with Crippen molar-refractivity contribution in [2.45, 2.75) is 0 Å². The first-order valence-electron chi connectivity index (χ1n) is 2.46. The van der Waals surface area contributed by atoms with Crippen LogP contribution in [0.2, 0.25) is 0 Å². The Hall–Kier alpha value is -0.420. The van der Waals surface area contributed by atoms with E-state index in [2.05, 4.69) is 25.7 Å². The SMILES string of the molecule is O=C(OCBr)c1cncs1. The van der Waals surface area contributed by atoms with Crippen molar-refractivity contribution in [2.24, 2.45) is 0 Å². The number of hydrogen-bond donors (Lipinski definition) is 0. The first-order chi connectivity index (χ1) is 4.84. The number of aromatic nitrogens is 1. The summed E-state index contributed by atoms with van der Waals surface area (Å²) >= 11 is 4.24. The zero-order chi connectivity index (χ0) is 7.40. The van der Waals surface area contributed by atoms with Gasteiger partial charge in [0.2, 0.25) is 0 Å². The zero-order valence-electron chi connectivity index (χ0n) is 4.91. The molecule has 1 heterocycles. The Morgan fingerprint density at radius 3 is 3.20 bits per heavy atom. The first-order valence-corrected chi connectivity index (χ1v) is 4.46. The third kappa shape index (κ3) is 1.78. The van der Waals surface area contributed by atoms with Crippen LogP contribution in [0.4, 0.5) is 0 Å². The minimum absolute atomic E-state index is 0.226. The standard InChI is InChI=1S/C5H4BrNO2S/c6-2-9-5(8)4-1-7-3-10-4/h1,3H,2H2. The fourth-order valence-electron chi connectivity index (χ4n) is 0.437. The first kappa shape index (κ1) is 7.68. The largest absolute Gasteiger partial charge is 0.450 e.